The fourth-order valence-corrected chi connectivity index (χ4v) is 3.54. The number of para-hydroxylation sites is 1. The number of azo groups is 1. The van der Waals surface area contributed by atoms with Crippen LogP contribution in [0.4, 0.5) is 17.1 Å². The lowest BCUT2D eigenvalue weighted by Gasteiger charge is -2.07. The topological polar surface area (TPSA) is 147 Å². The Balaban J connectivity index is 1.70. The third-order valence-corrected chi connectivity index (χ3v) is 5.48. The van der Waals surface area contributed by atoms with E-state index in [1.165, 1.54) is 4.68 Å². The van der Waals surface area contributed by atoms with Gasteiger partial charge in [-0.25, -0.2) is 9.67 Å². The van der Waals surface area contributed by atoms with Crippen molar-refractivity contribution in [2.24, 2.45) is 26.7 Å². The highest BCUT2D eigenvalue weighted by molar-refractivity contribution is 5.81. The van der Waals surface area contributed by atoms with E-state index in [1.54, 1.807) is 43.3 Å². The van der Waals surface area contributed by atoms with Crippen molar-refractivity contribution in [1.82, 2.24) is 9.78 Å². The van der Waals surface area contributed by atoms with Gasteiger partial charge in [0.2, 0.25) is 0 Å². The lowest BCUT2D eigenvalue weighted by Crippen LogP contribution is -2.21. The van der Waals surface area contributed by atoms with Crippen LogP contribution < -0.4 is 17.0 Å². The zero-order valence-corrected chi connectivity index (χ0v) is 19.1. The van der Waals surface area contributed by atoms with E-state index in [0.717, 1.165) is 11.1 Å². The van der Waals surface area contributed by atoms with E-state index in [-0.39, 0.29) is 28.6 Å². The summed E-state index contributed by atoms with van der Waals surface area (Å²) in [6, 6.07) is 18.0. The summed E-state index contributed by atoms with van der Waals surface area (Å²) in [4.78, 5) is 17.0. The van der Waals surface area contributed by atoms with Crippen molar-refractivity contribution in [1.29, 1.82) is 0 Å². The summed E-state index contributed by atoms with van der Waals surface area (Å²) in [7, 11) is 0. The number of aliphatic imine (C=N–C) groups is 1. The van der Waals surface area contributed by atoms with Gasteiger partial charge in [-0.2, -0.15) is 0 Å². The van der Waals surface area contributed by atoms with E-state index in [1.807, 2.05) is 38.1 Å². The quantitative estimate of drug-likeness (QED) is 0.195. The molecule has 0 saturated heterocycles. The first-order chi connectivity index (χ1) is 16.2. The number of nitrogens with zero attached hydrogens (tertiary/aromatic N) is 4. The van der Waals surface area contributed by atoms with Crippen LogP contribution in [-0.2, 0) is 0 Å². The van der Waals surface area contributed by atoms with Crippen molar-refractivity contribution < 1.29 is 5.11 Å². The first-order valence-electron chi connectivity index (χ1n) is 10.6. The molecule has 0 spiro atoms. The van der Waals surface area contributed by atoms with Crippen molar-refractivity contribution >= 4 is 23.0 Å². The monoisotopic (exact) mass is 455 g/mol. The summed E-state index contributed by atoms with van der Waals surface area (Å²) < 4.78 is 1.43. The molecule has 3 aromatic carbocycles. The van der Waals surface area contributed by atoms with E-state index in [4.69, 9.17) is 11.5 Å². The summed E-state index contributed by atoms with van der Waals surface area (Å²) in [5.74, 6) is -0.131. The number of benzene rings is 3. The van der Waals surface area contributed by atoms with Crippen LogP contribution in [0.5, 0.6) is 5.75 Å². The van der Waals surface area contributed by atoms with E-state index < -0.39 is 0 Å². The Morgan fingerprint density at radius 2 is 1.71 bits per heavy atom. The molecule has 0 atom stereocenters. The number of phenols is 1. The van der Waals surface area contributed by atoms with Gasteiger partial charge >= 0.3 is 0 Å². The van der Waals surface area contributed by atoms with Crippen LogP contribution in [0.25, 0.3) is 16.8 Å². The van der Waals surface area contributed by atoms with Gasteiger partial charge in [0, 0.05) is 5.56 Å². The molecule has 4 aromatic rings. The highest BCUT2D eigenvalue weighted by atomic mass is 16.3. The predicted molar refractivity (Wildman–Crippen MR) is 134 cm³/mol. The molecular weight excluding hydrogens is 430 g/mol. The largest absolute Gasteiger partial charge is 0.505 e. The Kier molecular flexibility index (Phi) is 6.01. The Hall–Kier alpha value is -4.66. The lowest BCUT2D eigenvalue weighted by molar-refractivity contribution is 0.478. The number of hydrogen-bond donors (Lipinski definition) is 4. The van der Waals surface area contributed by atoms with Crippen LogP contribution in [0.3, 0.4) is 0 Å². The van der Waals surface area contributed by atoms with Crippen LogP contribution in [0.1, 0.15) is 16.8 Å². The summed E-state index contributed by atoms with van der Waals surface area (Å²) in [6.45, 7) is 5.75. The van der Waals surface area contributed by atoms with Gasteiger partial charge in [0.05, 0.1) is 17.1 Å². The molecule has 1 aromatic heterocycles. The highest BCUT2D eigenvalue weighted by Crippen LogP contribution is 2.38. The van der Waals surface area contributed by atoms with Crippen LogP contribution in [-0.4, -0.2) is 20.8 Å². The van der Waals surface area contributed by atoms with Crippen molar-refractivity contribution in [2.75, 3.05) is 0 Å². The average molecular weight is 456 g/mol. The van der Waals surface area contributed by atoms with Crippen LogP contribution in [0, 0.1) is 20.8 Å². The summed E-state index contributed by atoms with van der Waals surface area (Å²) in [5.41, 5.74) is 16.3. The van der Waals surface area contributed by atoms with Gasteiger partial charge in [-0.05, 0) is 67.8 Å². The molecule has 1 heterocycles. The Labute approximate surface area is 196 Å². The van der Waals surface area contributed by atoms with E-state index >= 15 is 0 Å². The number of H-pyrrole nitrogens is 1. The van der Waals surface area contributed by atoms with Crippen molar-refractivity contribution in [3.8, 4) is 22.6 Å². The normalized spacial score (nSPS) is 11.1. The smallest absolute Gasteiger partial charge is 0.299 e. The number of nitrogens with two attached hydrogens (primary N) is 2. The van der Waals surface area contributed by atoms with E-state index in [0.29, 0.717) is 28.2 Å². The molecule has 0 bridgehead atoms. The fourth-order valence-electron chi connectivity index (χ4n) is 3.54. The molecule has 34 heavy (non-hydrogen) atoms. The molecule has 0 unspecified atom stereocenters. The lowest BCUT2D eigenvalue weighted by atomic mass is 10.0. The minimum absolute atomic E-state index is 0.0581. The summed E-state index contributed by atoms with van der Waals surface area (Å²) in [5, 5.41) is 22.2. The van der Waals surface area contributed by atoms with Gasteiger partial charge in [0.15, 0.2) is 17.4 Å². The SMILES string of the molecule is Cc1ccc(-n2[nH]c(C)c(N=Nc3cccc(-c4cccc(N=C(N)N)c4)c3O)c2=O)cc1C. The van der Waals surface area contributed by atoms with Crippen LogP contribution >= 0.6 is 0 Å². The Bertz CT molecular complexity index is 1490. The van der Waals surface area contributed by atoms with Gasteiger partial charge in [0.1, 0.15) is 5.69 Å². The van der Waals surface area contributed by atoms with Gasteiger partial charge < -0.3 is 16.6 Å². The maximum Gasteiger partial charge on any atom is 0.299 e. The van der Waals surface area contributed by atoms with Crippen molar-refractivity contribution in [2.45, 2.75) is 20.8 Å². The number of hydrogen-bond acceptors (Lipinski definition) is 5. The summed E-state index contributed by atoms with van der Waals surface area (Å²) >= 11 is 0. The van der Waals surface area contributed by atoms with Crippen molar-refractivity contribution in [3.05, 3.63) is 87.8 Å². The number of guanidine groups is 1. The third kappa shape index (κ3) is 4.44. The molecule has 6 N–H and O–H groups in total. The number of aromatic nitrogens is 2. The number of nitrogens with one attached hydrogen (secondary N) is 1. The van der Waals surface area contributed by atoms with E-state index in [2.05, 4.69) is 20.3 Å². The first-order valence-corrected chi connectivity index (χ1v) is 10.6. The zero-order valence-electron chi connectivity index (χ0n) is 19.1. The maximum atomic E-state index is 13.0. The molecule has 0 saturated carbocycles. The van der Waals surface area contributed by atoms with Crippen molar-refractivity contribution in [3.63, 3.8) is 0 Å². The maximum absolute atomic E-state index is 13.0. The fraction of sp³-hybridized carbons (Fsp3) is 0.120. The standard InChI is InChI=1S/C25H25N7O2/c1-14-10-11-19(12-15(14)2)32-24(34)22(16(3)31-32)30-29-21-9-5-8-20(23(21)33)17-6-4-7-18(13-17)28-25(26)27/h4-13,31,33H,1-3H3,(H4,26,27,28). The van der Waals surface area contributed by atoms with E-state index in [9.17, 15) is 9.90 Å². The summed E-state index contributed by atoms with van der Waals surface area (Å²) in [6.07, 6.45) is 0. The number of aromatic amines is 1. The molecule has 0 aliphatic carbocycles. The molecule has 0 aliphatic heterocycles. The molecule has 4 rings (SSSR count). The molecule has 0 radical (unpaired) electrons. The van der Waals surface area contributed by atoms with Gasteiger partial charge in [-0.1, -0.05) is 30.3 Å². The number of aromatic hydroxyl groups is 1. The zero-order chi connectivity index (χ0) is 24.4. The number of rotatable bonds is 5. The highest BCUT2D eigenvalue weighted by Gasteiger charge is 2.14. The molecule has 9 nitrogen and oxygen atoms in total. The average Bonchev–Trinajstić information content (AvgIpc) is 3.08. The number of aryl methyl sites for hydroxylation is 3. The van der Waals surface area contributed by atoms with Gasteiger partial charge in [-0.15, -0.1) is 10.2 Å². The first kappa shape index (κ1) is 22.5. The van der Waals surface area contributed by atoms with Crippen LogP contribution in [0.2, 0.25) is 0 Å². The molecular formula is C25H25N7O2. The van der Waals surface area contributed by atoms with Gasteiger partial charge in [0.25, 0.3) is 5.56 Å². The number of phenolic OH excluding ortho intramolecular Hbond substituents is 1. The molecule has 0 amide bonds. The minimum Gasteiger partial charge on any atom is -0.505 e. The minimum atomic E-state index is -0.329. The predicted octanol–water partition coefficient (Wildman–Crippen LogP) is 4.78. The van der Waals surface area contributed by atoms with Gasteiger partial charge in [-0.3, -0.25) is 9.89 Å². The molecule has 172 valence electrons. The Morgan fingerprint density at radius 3 is 2.44 bits per heavy atom. The third-order valence-electron chi connectivity index (χ3n) is 5.48. The molecule has 0 fully saturated rings. The molecule has 9 heteroatoms. The second-order valence-electron chi connectivity index (χ2n) is 7.95. The van der Waals surface area contributed by atoms with Crippen LogP contribution in [0.15, 0.2) is 80.7 Å². The second-order valence-corrected chi connectivity index (χ2v) is 7.95. The Morgan fingerprint density at radius 1 is 0.941 bits per heavy atom. The molecule has 0 aliphatic rings. The second kappa shape index (κ2) is 9.07.